The summed E-state index contributed by atoms with van der Waals surface area (Å²) in [6, 6.07) is 8.61. The Labute approximate surface area is 118 Å². The van der Waals surface area contributed by atoms with Crippen molar-refractivity contribution in [2.75, 3.05) is 11.9 Å². The van der Waals surface area contributed by atoms with E-state index in [1.165, 1.54) is 0 Å². The van der Waals surface area contributed by atoms with Crippen LogP contribution in [0.4, 0.5) is 10.5 Å². The Morgan fingerprint density at radius 2 is 2.30 bits per heavy atom. The van der Waals surface area contributed by atoms with Crippen molar-refractivity contribution in [2.45, 2.75) is 32.2 Å². The average Bonchev–Trinajstić information content (AvgIpc) is 2.86. The van der Waals surface area contributed by atoms with E-state index in [9.17, 15) is 9.59 Å². The third-order valence-electron chi connectivity index (χ3n) is 3.40. The molecular formula is C15H17N3O2. The van der Waals surface area contributed by atoms with Gasteiger partial charge in [-0.1, -0.05) is 6.07 Å². The van der Waals surface area contributed by atoms with Crippen LogP contribution in [0.3, 0.4) is 0 Å². The molecular weight excluding hydrogens is 254 g/mol. The summed E-state index contributed by atoms with van der Waals surface area (Å²) in [5, 5.41) is 11.6. The molecule has 1 aromatic carbocycles. The number of carbonyl (C=O) groups is 2. The molecule has 1 N–H and O–H groups in total. The van der Waals surface area contributed by atoms with E-state index in [4.69, 9.17) is 5.26 Å². The summed E-state index contributed by atoms with van der Waals surface area (Å²) in [4.78, 5) is 25.2. The Balaban J connectivity index is 2.03. The zero-order chi connectivity index (χ0) is 14.5. The van der Waals surface area contributed by atoms with Crippen LogP contribution in [0.1, 0.15) is 31.7 Å². The summed E-state index contributed by atoms with van der Waals surface area (Å²) in [5.41, 5.74) is 1.10. The quantitative estimate of drug-likeness (QED) is 0.918. The number of likely N-dealkylation sites (tertiary alicyclic amines) is 1. The van der Waals surface area contributed by atoms with Gasteiger partial charge in [-0.15, -0.1) is 0 Å². The normalized spacial score (nSPS) is 17.6. The number of anilines is 1. The van der Waals surface area contributed by atoms with E-state index < -0.39 is 0 Å². The molecule has 5 heteroatoms. The topological polar surface area (TPSA) is 73.2 Å². The molecule has 1 heterocycles. The third-order valence-corrected chi connectivity index (χ3v) is 3.40. The predicted molar refractivity (Wildman–Crippen MR) is 75.2 cm³/mol. The largest absolute Gasteiger partial charge is 0.322 e. The maximum Gasteiger partial charge on any atom is 0.322 e. The van der Waals surface area contributed by atoms with Gasteiger partial charge in [0.25, 0.3) is 0 Å². The molecule has 1 unspecified atom stereocenters. The van der Waals surface area contributed by atoms with Gasteiger partial charge < -0.3 is 10.2 Å². The van der Waals surface area contributed by atoms with Crippen molar-refractivity contribution in [1.82, 2.24) is 4.90 Å². The van der Waals surface area contributed by atoms with Crippen LogP contribution in [0.15, 0.2) is 24.3 Å². The molecule has 0 saturated carbocycles. The molecule has 0 aliphatic carbocycles. The van der Waals surface area contributed by atoms with Gasteiger partial charge in [-0.3, -0.25) is 4.79 Å². The number of benzene rings is 1. The van der Waals surface area contributed by atoms with Gasteiger partial charge in [-0.05, 0) is 38.0 Å². The predicted octanol–water partition coefficient (Wildman–Crippen LogP) is 2.53. The number of Topliss-reactive ketones (excluding diaryl/α,β-unsaturated/α-hetero) is 1. The molecule has 2 amide bonds. The number of nitrogens with one attached hydrogen (secondary N) is 1. The van der Waals surface area contributed by atoms with Gasteiger partial charge in [0.2, 0.25) is 0 Å². The molecule has 1 atom stereocenters. The van der Waals surface area contributed by atoms with Crippen LogP contribution in [-0.2, 0) is 4.79 Å². The molecule has 1 aliphatic rings. The van der Waals surface area contributed by atoms with E-state index in [0.29, 0.717) is 24.2 Å². The van der Waals surface area contributed by atoms with E-state index in [-0.39, 0.29) is 17.9 Å². The van der Waals surface area contributed by atoms with Crippen molar-refractivity contribution in [3.8, 4) is 6.07 Å². The maximum atomic E-state index is 12.2. The fourth-order valence-corrected chi connectivity index (χ4v) is 2.51. The Morgan fingerprint density at radius 3 is 3.00 bits per heavy atom. The SMILES string of the molecule is CC(=O)CC1CCCN1C(=O)Nc1cccc(C#N)c1. The summed E-state index contributed by atoms with van der Waals surface area (Å²) < 4.78 is 0. The number of nitriles is 1. The second-order valence-electron chi connectivity index (χ2n) is 5.02. The van der Waals surface area contributed by atoms with Gasteiger partial charge in [0.1, 0.15) is 5.78 Å². The number of rotatable bonds is 3. The number of amides is 2. The summed E-state index contributed by atoms with van der Waals surface area (Å²) in [6.45, 7) is 2.21. The van der Waals surface area contributed by atoms with Crippen LogP contribution in [0.25, 0.3) is 0 Å². The standard InChI is InChI=1S/C15H17N3O2/c1-11(19)8-14-6-3-7-18(14)15(20)17-13-5-2-4-12(9-13)10-16/h2,4-5,9,14H,3,6-8H2,1H3,(H,17,20). The van der Waals surface area contributed by atoms with Crippen molar-refractivity contribution >= 4 is 17.5 Å². The van der Waals surface area contributed by atoms with Gasteiger partial charge in [-0.2, -0.15) is 5.26 Å². The first kappa shape index (κ1) is 14.1. The van der Waals surface area contributed by atoms with Crippen LogP contribution >= 0.6 is 0 Å². The van der Waals surface area contributed by atoms with Gasteiger partial charge in [0.15, 0.2) is 0 Å². The Hall–Kier alpha value is -2.35. The lowest BCUT2D eigenvalue weighted by molar-refractivity contribution is -0.117. The van der Waals surface area contributed by atoms with E-state index in [1.807, 2.05) is 6.07 Å². The first-order valence-corrected chi connectivity index (χ1v) is 6.67. The Morgan fingerprint density at radius 1 is 1.50 bits per heavy atom. The molecule has 2 rings (SSSR count). The lowest BCUT2D eigenvalue weighted by atomic mass is 10.1. The fourth-order valence-electron chi connectivity index (χ4n) is 2.51. The number of carbonyl (C=O) groups excluding carboxylic acids is 2. The van der Waals surface area contributed by atoms with Crippen molar-refractivity contribution < 1.29 is 9.59 Å². The molecule has 104 valence electrons. The average molecular weight is 271 g/mol. The van der Waals surface area contributed by atoms with Crippen LogP contribution in [0.2, 0.25) is 0 Å². The lowest BCUT2D eigenvalue weighted by Gasteiger charge is -2.24. The number of urea groups is 1. The highest BCUT2D eigenvalue weighted by Gasteiger charge is 2.29. The number of ketones is 1. The first-order chi connectivity index (χ1) is 9.60. The summed E-state index contributed by atoms with van der Waals surface area (Å²) in [6.07, 6.45) is 2.19. The molecule has 1 aromatic rings. The Kier molecular flexibility index (Phi) is 4.36. The number of nitrogens with zero attached hydrogens (tertiary/aromatic N) is 2. The van der Waals surface area contributed by atoms with Gasteiger partial charge in [0, 0.05) is 24.7 Å². The molecule has 1 aliphatic heterocycles. The molecule has 0 radical (unpaired) electrons. The second kappa shape index (κ2) is 6.20. The lowest BCUT2D eigenvalue weighted by Crippen LogP contribution is -2.39. The third kappa shape index (κ3) is 3.35. The van der Waals surface area contributed by atoms with Crippen molar-refractivity contribution in [3.63, 3.8) is 0 Å². The van der Waals surface area contributed by atoms with Gasteiger partial charge in [-0.25, -0.2) is 4.79 Å². The fraction of sp³-hybridized carbons (Fsp3) is 0.400. The van der Waals surface area contributed by atoms with Crippen LogP contribution in [0.5, 0.6) is 0 Å². The van der Waals surface area contributed by atoms with E-state index in [2.05, 4.69) is 5.32 Å². The first-order valence-electron chi connectivity index (χ1n) is 6.67. The minimum absolute atomic E-state index is 0.00773. The molecule has 20 heavy (non-hydrogen) atoms. The van der Waals surface area contributed by atoms with E-state index >= 15 is 0 Å². The highest BCUT2D eigenvalue weighted by Crippen LogP contribution is 2.22. The highest BCUT2D eigenvalue weighted by atomic mass is 16.2. The van der Waals surface area contributed by atoms with E-state index in [0.717, 1.165) is 12.8 Å². The smallest absolute Gasteiger partial charge is 0.321 e. The van der Waals surface area contributed by atoms with Crippen molar-refractivity contribution in [2.24, 2.45) is 0 Å². The molecule has 1 saturated heterocycles. The molecule has 1 fully saturated rings. The van der Waals surface area contributed by atoms with E-state index in [1.54, 1.807) is 36.1 Å². The second-order valence-corrected chi connectivity index (χ2v) is 5.02. The van der Waals surface area contributed by atoms with Gasteiger partial charge >= 0.3 is 6.03 Å². The maximum absolute atomic E-state index is 12.2. The highest BCUT2D eigenvalue weighted by molar-refractivity contribution is 5.90. The minimum Gasteiger partial charge on any atom is -0.321 e. The molecule has 0 spiro atoms. The van der Waals surface area contributed by atoms with Crippen LogP contribution in [-0.4, -0.2) is 29.3 Å². The zero-order valence-corrected chi connectivity index (χ0v) is 11.4. The number of hydrogen-bond acceptors (Lipinski definition) is 3. The number of hydrogen-bond donors (Lipinski definition) is 1. The summed E-state index contributed by atoms with van der Waals surface area (Å²) >= 11 is 0. The molecule has 0 bridgehead atoms. The Bertz CT molecular complexity index is 562. The van der Waals surface area contributed by atoms with Gasteiger partial charge in [0.05, 0.1) is 11.6 Å². The monoisotopic (exact) mass is 271 g/mol. The molecule has 5 nitrogen and oxygen atoms in total. The summed E-state index contributed by atoms with van der Waals surface area (Å²) in [7, 11) is 0. The molecule has 0 aromatic heterocycles. The minimum atomic E-state index is -0.205. The van der Waals surface area contributed by atoms with Crippen molar-refractivity contribution in [1.29, 1.82) is 5.26 Å². The zero-order valence-electron chi connectivity index (χ0n) is 11.4. The van der Waals surface area contributed by atoms with Crippen LogP contribution in [0, 0.1) is 11.3 Å². The van der Waals surface area contributed by atoms with Crippen molar-refractivity contribution in [3.05, 3.63) is 29.8 Å². The van der Waals surface area contributed by atoms with Crippen LogP contribution < -0.4 is 5.32 Å². The summed E-state index contributed by atoms with van der Waals surface area (Å²) in [5.74, 6) is 0.0983.